The molecule has 0 unspecified atom stereocenters. The first-order chi connectivity index (χ1) is 12.5. The maximum atomic E-state index is 12.3. The Hall–Kier alpha value is -2.61. The number of carbonyl (C=O) groups excluding carboxylic acids is 1. The van der Waals surface area contributed by atoms with Gasteiger partial charge in [0, 0.05) is 16.5 Å². The standard InChI is InChI=1S/C17H9Cl2N3O3S/c18-10-3-1-9(5-11(10)19)15(23)22-16-20-13(7-26-16)8-2-4-14-12(6-8)21-17(24)25-14/h1-7H,(H,21,24)(H,20,22,23). The highest BCUT2D eigenvalue weighted by Crippen LogP contribution is 2.28. The van der Waals surface area contributed by atoms with Crippen molar-refractivity contribution in [2.24, 2.45) is 0 Å². The molecule has 0 atom stereocenters. The average molecular weight is 406 g/mol. The molecule has 0 saturated heterocycles. The van der Waals surface area contributed by atoms with Gasteiger partial charge in [0.25, 0.3) is 5.91 Å². The molecule has 26 heavy (non-hydrogen) atoms. The van der Waals surface area contributed by atoms with Crippen molar-refractivity contribution in [3.8, 4) is 11.3 Å². The molecule has 6 nitrogen and oxygen atoms in total. The first-order valence-corrected chi connectivity index (χ1v) is 8.98. The van der Waals surface area contributed by atoms with Gasteiger partial charge in [-0.15, -0.1) is 11.3 Å². The van der Waals surface area contributed by atoms with Gasteiger partial charge in [0.15, 0.2) is 10.7 Å². The van der Waals surface area contributed by atoms with Crippen LogP contribution in [0.2, 0.25) is 10.0 Å². The summed E-state index contributed by atoms with van der Waals surface area (Å²) in [5, 5.41) is 5.67. The highest BCUT2D eigenvalue weighted by atomic mass is 35.5. The molecule has 1 amide bonds. The average Bonchev–Trinajstić information content (AvgIpc) is 3.21. The van der Waals surface area contributed by atoms with Gasteiger partial charge in [-0.05, 0) is 36.4 Å². The summed E-state index contributed by atoms with van der Waals surface area (Å²) in [6, 6.07) is 9.89. The number of hydrogen-bond donors (Lipinski definition) is 2. The number of aromatic amines is 1. The molecule has 0 fully saturated rings. The smallest absolute Gasteiger partial charge is 0.408 e. The molecule has 0 spiro atoms. The van der Waals surface area contributed by atoms with Gasteiger partial charge in [-0.25, -0.2) is 9.78 Å². The van der Waals surface area contributed by atoms with Crippen molar-refractivity contribution in [3.05, 3.63) is 67.9 Å². The van der Waals surface area contributed by atoms with Gasteiger partial charge < -0.3 is 4.42 Å². The van der Waals surface area contributed by atoms with E-state index in [2.05, 4.69) is 15.3 Å². The minimum atomic E-state index is -0.509. The van der Waals surface area contributed by atoms with E-state index in [-0.39, 0.29) is 5.91 Å². The Balaban J connectivity index is 1.57. The Labute approximate surface area is 160 Å². The van der Waals surface area contributed by atoms with Crippen LogP contribution >= 0.6 is 34.5 Å². The number of H-pyrrole nitrogens is 1. The van der Waals surface area contributed by atoms with E-state index in [1.165, 1.54) is 17.4 Å². The minimum absolute atomic E-state index is 0.307. The molecule has 0 bridgehead atoms. The molecule has 2 N–H and O–H groups in total. The lowest BCUT2D eigenvalue weighted by atomic mass is 10.1. The van der Waals surface area contributed by atoms with Crippen molar-refractivity contribution in [3.63, 3.8) is 0 Å². The summed E-state index contributed by atoms with van der Waals surface area (Å²) in [5.74, 6) is -0.843. The molecule has 0 radical (unpaired) electrons. The number of aromatic nitrogens is 2. The number of fused-ring (bicyclic) bond motifs is 1. The molecule has 0 aliphatic heterocycles. The number of benzene rings is 2. The summed E-state index contributed by atoms with van der Waals surface area (Å²) < 4.78 is 4.98. The molecule has 2 heterocycles. The number of halogens is 2. The van der Waals surface area contributed by atoms with E-state index in [1.54, 1.807) is 30.3 Å². The second-order valence-electron chi connectivity index (χ2n) is 5.35. The summed E-state index contributed by atoms with van der Waals surface area (Å²) in [7, 11) is 0. The van der Waals surface area contributed by atoms with Crippen LogP contribution in [0.15, 0.2) is 51.0 Å². The molecular formula is C17H9Cl2N3O3S. The lowest BCUT2D eigenvalue weighted by Gasteiger charge is -2.03. The van der Waals surface area contributed by atoms with E-state index in [0.29, 0.717) is 37.5 Å². The predicted molar refractivity (Wildman–Crippen MR) is 102 cm³/mol. The van der Waals surface area contributed by atoms with Gasteiger partial charge in [0.2, 0.25) is 0 Å². The maximum absolute atomic E-state index is 12.3. The Bertz CT molecular complexity index is 1200. The van der Waals surface area contributed by atoms with Gasteiger partial charge in [-0.2, -0.15) is 0 Å². The topological polar surface area (TPSA) is 88.0 Å². The third-order valence-electron chi connectivity index (χ3n) is 3.62. The van der Waals surface area contributed by atoms with Gasteiger partial charge >= 0.3 is 5.76 Å². The van der Waals surface area contributed by atoms with Crippen LogP contribution in [0, 0.1) is 0 Å². The van der Waals surface area contributed by atoms with E-state index >= 15 is 0 Å². The van der Waals surface area contributed by atoms with Crippen LogP contribution in [0.25, 0.3) is 22.4 Å². The van der Waals surface area contributed by atoms with Crippen LogP contribution in [0.4, 0.5) is 5.13 Å². The van der Waals surface area contributed by atoms with Gasteiger partial charge in [-0.3, -0.25) is 15.1 Å². The molecule has 2 aromatic carbocycles. The quantitative estimate of drug-likeness (QED) is 0.512. The van der Waals surface area contributed by atoms with Crippen molar-refractivity contribution in [2.75, 3.05) is 5.32 Å². The fraction of sp³-hybridized carbons (Fsp3) is 0. The van der Waals surface area contributed by atoms with E-state index < -0.39 is 5.76 Å². The molecule has 2 aromatic heterocycles. The number of nitrogens with one attached hydrogen (secondary N) is 2. The molecule has 9 heteroatoms. The molecular weight excluding hydrogens is 397 g/mol. The summed E-state index contributed by atoms with van der Waals surface area (Å²) in [6.07, 6.45) is 0. The number of anilines is 1. The first-order valence-electron chi connectivity index (χ1n) is 7.35. The second-order valence-corrected chi connectivity index (χ2v) is 7.02. The fourth-order valence-electron chi connectivity index (χ4n) is 2.38. The lowest BCUT2D eigenvalue weighted by molar-refractivity contribution is 0.102. The monoisotopic (exact) mass is 405 g/mol. The van der Waals surface area contributed by atoms with Crippen LogP contribution in [0.3, 0.4) is 0 Å². The molecule has 4 rings (SSSR count). The van der Waals surface area contributed by atoms with Crippen molar-refractivity contribution in [1.82, 2.24) is 9.97 Å². The van der Waals surface area contributed by atoms with Crippen LogP contribution in [0.5, 0.6) is 0 Å². The van der Waals surface area contributed by atoms with E-state index in [9.17, 15) is 9.59 Å². The highest BCUT2D eigenvalue weighted by molar-refractivity contribution is 7.14. The first kappa shape index (κ1) is 16.8. The Morgan fingerprint density at radius 2 is 2.00 bits per heavy atom. The summed E-state index contributed by atoms with van der Waals surface area (Å²) in [5.41, 5.74) is 2.90. The van der Waals surface area contributed by atoms with Crippen molar-refractivity contribution in [2.45, 2.75) is 0 Å². The normalized spacial score (nSPS) is 11.0. The zero-order valence-electron chi connectivity index (χ0n) is 12.9. The van der Waals surface area contributed by atoms with E-state index in [4.69, 9.17) is 27.6 Å². The minimum Gasteiger partial charge on any atom is -0.408 e. The second kappa shape index (κ2) is 6.60. The van der Waals surface area contributed by atoms with Gasteiger partial charge in [-0.1, -0.05) is 23.2 Å². The number of thiazole rings is 1. The number of nitrogens with zero attached hydrogens (tertiary/aromatic N) is 1. The Kier molecular flexibility index (Phi) is 4.28. The SMILES string of the molecule is O=C(Nc1nc(-c2ccc3oc(=O)[nH]c3c2)cs1)c1ccc(Cl)c(Cl)c1. The zero-order chi connectivity index (χ0) is 18.3. The molecule has 4 aromatic rings. The van der Waals surface area contributed by atoms with Crippen molar-refractivity contribution in [1.29, 1.82) is 0 Å². The fourth-order valence-corrected chi connectivity index (χ4v) is 3.39. The van der Waals surface area contributed by atoms with Gasteiger partial charge in [0.05, 0.1) is 21.3 Å². The summed E-state index contributed by atoms with van der Waals surface area (Å²) in [6.45, 7) is 0. The van der Waals surface area contributed by atoms with E-state index in [0.717, 1.165) is 5.56 Å². The molecule has 0 saturated carbocycles. The maximum Gasteiger partial charge on any atom is 0.417 e. The number of rotatable bonds is 3. The molecule has 0 aliphatic carbocycles. The van der Waals surface area contributed by atoms with E-state index in [1.807, 2.05) is 5.38 Å². The highest BCUT2D eigenvalue weighted by Gasteiger charge is 2.12. The zero-order valence-corrected chi connectivity index (χ0v) is 15.2. The third-order valence-corrected chi connectivity index (χ3v) is 5.12. The van der Waals surface area contributed by atoms with Crippen LogP contribution < -0.4 is 11.1 Å². The largest absolute Gasteiger partial charge is 0.417 e. The number of amides is 1. The van der Waals surface area contributed by atoms with Crippen LogP contribution in [0.1, 0.15) is 10.4 Å². The third kappa shape index (κ3) is 3.24. The Morgan fingerprint density at radius 1 is 1.15 bits per heavy atom. The van der Waals surface area contributed by atoms with Crippen LogP contribution in [-0.4, -0.2) is 15.9 Å². The Morgan fingerprint density at radius 3 is 2.81 bits per heavy atom. The lowest BCUT2D eigenvalue weighted by Crippen LogP contribution is -2.11. The molecule has 0 aliphatic rings. The van der Waals surface area contributed by atoms with Crippen LogP contribution in [-0.2, 0) is 0 Å². The number of hydrogen-bond acceptors (Lipinski definition) is 5. The summed E-state index contributed by atoms with van der Waals surface area (Å²) >= 11 is 13.1. The number of carbonyl (C=O) groups is 1. The van der Waals surface area contributed by atoms with Crippen molar-refractivity contribution >= 4 is 56.7 Å². The van der Waals surface area contributed by atoms with Crippen molar-refractivity contribution < 1.29 is 9.21 Å². The predicted octanol–water partition coefficient (Wildman–Crippen LogP) is 4.80. The van der Waals surface area contributed by atoms with Gasteiger partial charge in [0.1, 0.15) is 0 Å². The molecule has 130 valence electrons. The summed E-state index contributed by atoms with van der Waals surface area (Å²) in [4.78, 5) is 30.5. The number of oxazole rings is 1.